The van der Waals surface area contributed by atoms with Gasteiger partial charge in [-0.2, -0.15) is 5.10 Å². The van der Waals surface area contributed by atoms with Gasteiger partial charge in [0.05, 0.1) is 11.7 Å². The summed E-state index contributed by atoms with van der Waals surface area (Å²) in [5, 5.41) is 6.84. The van der Waals surface area contributed by atoms with Crippen molar-refractivity contribution in [2.75, 3.05) is 5.01 Å². The topological polar surface area (TPSA) is 15.6 Å². The van der Waals surface area contributed by atoms with Crippen LogP contribution in [0.4, 0.5) is 5.69 Å². The third-order valence-corrected chi connectivity index (χ3v) is 3.66. The molecule has 3 rings (SSSR count). The predicted molar refractivity (Wildman–Crippen MR) is 73.3 cm³/mol. The second kappa shape index (κ2) is 4.74. The molecule has 1 aromatic carbocycles. The normalized spacial score (nSPS) is 20.1. The SMILES string of the molecule is C1=Cc2ccccc2N(C2CCCCC2)N=C1. The molecule has 1 aliphatic heterocycles. The Kier molecular flexibility index (Phi) is 2.95. The van der Waals surface area contributed by atoms with Gasteiger partial charge in [-0.05, 0) is 30.5 Å². The second-order valence-corrected chi connectivity index (χ2v) is 4.82. The van der Waals surface area contributed by atoms with Crippen LogP contribution in [0, 0.1) is 0 Å². The Bertz CT molecular complexity index is 442. The molecular weight excluding hydrogens is 208 g/mol. The van der Waals surface area contributed by atoms with Crippen molar-refractivity contribution in [3.05, 3.63) is 35.9 Å². The lowest BCUT2D eigenvalue weighted by molar-refractivity contribution is 0.419. The molecule has 1 aliphatic carbocycles. The number of anilines is 1. The van der Waals surface area contributed by atoms with Gasteiger partial charge in [0, 0.05) is 6.21 Å². The number of fused-ring (bicyclic) bond motifs is 1. The van der Waals surface area contributed by atoms with Crippen molar-refractivity contribution >= 4 is 18.0 Å². The number of hydrazone groups is 1. The maximum atomic E-state index is 4.61. The van der Waals surface area contributed by atoms with Gasteiger partial charge in [-0.25, -0.2) is 0 Å². The van der Waals surface area contributed by atoms with E-state index in [-0.39, 0.29) is 0 Å². The third-order valence-electron chi connectivity index (χ3n) is 3.66. The summed E-state index contributed by atoms with van der Waals surface area (Å²) in [6.07, 6.45) is 12.7. The molecule has 17 heavy (non-hydrogen) atoms. The van der Waals surface area contributed by atoms with Crippen LogP contribution in [-0.4, -0.2) is 12.3 Å². The lowest BCUT2D eigenvalue weighted by Gasteiger charge is -2.32. The summed E-state index contributed by atoms with van der Waals surface area (Å²) < 4.78 is 0. The van der Waals surface area contributed by atoms with Crippen molar-refractivity contribution in [3.8, 4) is 0 Å². The molecule has 0 N–H and O–H groups in total. The van der Waals surface area contributed by atoms with E-state index < -0.39 is 0 Å². The first-order chi connectivity index (χ1) is 8.45. The van der Waals surface area contributed by atoms with Gasteiger partial charge in [0.15, 0.2) is 0 Å². The minimum Gasteiger partial charge on any atom is -0.262 e. The van der Waals surface area contributed by atoms with Crippen molar-refractivity contribution in [3.63, 3.8) is 0 Å². The molecule has 0 atom stereocenters. The number of hydrogen-bond acceptors (Lipinski definition) is 2. The Morgan fingerprint density at radius 3 is 2.76 bits per heavy atom. The molecule has 88 valence electrons. The minimum atomic E-state index is 0.584. The van der Waals surface area contributed by atoms with Crippen LogP contribution >= 0.6 is 0 Å². The summed E-state index contributed by atoms with van der Waals surface area (Å²) in [7, 11) is 0. The van der Waals surface area contributed by atoms with Crippen LogP contribution in [0.1, 0.15) is 37.7 Å². The van der Waals surface area contributed by atoms with Crippen molar-refractivity contribution in [1.82, 2.24) is 0 Å². The van der Waals surface area contributed by atoms with E-state index in [0.29, 0.717) is 6.04 Å². The average Bonchev–Trinajstić information content (AvgIpc) is 2.62. The Morgan fingerprint density at radius 1 is 1.06 bits per heavy atom. The van der Waals surface area contributed by atoms with E-state index in [1.807, 2.05) is 12.3 Å². The highest BCUT2D eigenvalue weighted by Crippen LogP contribution is 2.31. The fourth-order valence-corrected chi connectivity index (χ4v) is 2.77. The summed E-state index contributed by atoms with van der Waals surface area (Å²) in [6.45, 7) is 0. The fourth-order valence-electron chi connectivity index (χ4n) is 2.77. The van der Waals surface area contributed by atoms with Crippen molar-refractivity contribution in [2.24, 2.45) is 5.10 Å². The van der Waals surface area contributed by atoms with E-state index in [1.165, 1.54) is 43.4 Å². The molecule has 1 heterocycles. The number of benzene rings is 1. The van der Waals surface area contributed by atoms with Gasteiger partial charge in [0.25, 0.3) is 0 Å². The van der Waals surface area contributed by atoms with Crippen LogP contribution in [0.5, 0.6) is 0 Å². The van der Waals surface area contributed by atoms with Crippen LogP contribution < -0.4 is 5.01 Å². The van der Waals surface area contributed by atoms with E-state index in [2.05, 4.69) is 40.5 Å². The third kappa shape index (κ3) is 2.12. The fraction of sp³-hybridized carbons (Fsp3) is 0.400. The smallest absolute Gasteiger partial charge is 0.0669 e. The Morgan fingerprint density at radius 2 is 1.88 bits per heavy atom. The van der Waals surface area contributed by atoms with E-state index in [4.69, 9.17) is 0 Å². The molecule has 1 aromatic rings. The van der Waals surface area contributed by atoms with Gasteiger partial charge in [-0.1, -0.05) is 43.5 Å². The minimum absolute atomic E-state index is 0.584. The van der Waals surface area contributed by atoms with Crippen molar-refractivity contribution in [1.29, 1.82) is 0 Å². The molecule has 0 unspecified atom stereocenters. The summed E-state index contributed by atoms with van der Waals surface area (Å²) in [6, 6.07) is 9.12. The highest BCUT2D eigenvalue weighted by molar-refractivity contribution is 5.84. The van der Waals surface area contributed by atoms with Crippen LogP contribution in [0.15, 0.2) is 35.4 Å². The second-order valence-electron chi connectivity index (χ2n) is 4.82. The predicted octanol–water partition coefficient (Wildman–Crippen LogP) is 3.84. The molecule has 2 aliphatic rings. The maximum Gasteiger partial charge on any atom is 0.0669 e. The summed E-state index contributed by atoms with van der Waals surface area (Å²) in [5.74, 6) is 0. The molecule has 2 nitrogen and oxygen atoms in total. The lowest BCUT2D eigenvalue weighted by Crippen LogP contribution is -2.32. The van der Waals surface area contributed by atoms with Crippen molar-refractivity contribution < 1.29 is 0 Å². The molecule has 0 saturated heterocycles. The van der Waals surface area contributed by atoms with Gasteiger partial charge in [0.1, 0.15) is 0 Å². The lowest BCUT2D eigenvalue weighted by atomic mass is 9.94. The van der Waals surface area contributed by atoms with Gasteiger partial charge >= 0.3 is 0 Å². The molecule has 0 spiro atoms. The average molecular weight is 226 g/mol. The van der Waals surface area contributed by atoms with Crippen LogP contribution in [0.3, 0.4) is 0 Å². The summed E-state index contributed by atoms with van der Waals surface area (Å²) in [4.78, 5) is 0. The number of hydrogen-bond donors (Lipinski definition) is 0. The highest BCUT2D eigenvalue weighted by atomic mass is 15.5. The molecule has 0 aromatic heterocycles. The zero-order valence-electron chi connectivity index (χ0n) is 10.0. The molecule has 1 fully saturated rings. The number of rotatable bonds is 1. The first kappa shape index (κ1) is 10.6. The quantitative estimate of drug-likeness (QED) is 0.710. The van der Waals surface area contributed by atoms with Gasteiger partial charge in [-0.3, -0.25) is 5.01 Å². The molecule has 0 bridgehead atoms. The van der Waals surface area contributed by atoms with E-state index in [9.17, 15) is 0 Å². The Hall–Kier alpha value is -1.57. The zero-order chi connectivity index (χ0) is 11.5. The first-order valence-corrected chi connectivity index (χ1v) is 6.54. The van der Waals surface area contributed by atoms with Crippen LogP contribution in [-0.2, 0) is 0 Å². The van der Waals surface area contributed by atoms with Gasteiger partial charge in [0.2, 0.25) is 0 Å². The van der Waals surface area contributed by atoms with E-state index in [1.54, 1.807) is 0 Å². The monoisotopic (exact) mass is 226 g/mol. The van der Waals surface area contributed by atoms with Gasteiger partial charge in [-0.15, -0.1) is 0 Å². The van der Waals surface area contributed by atoms with E-state index >= 15 is 0 Å². The molecule has 2 heteroatoms. The summed E-state index contributed by atoms with van der Waals surface area (Å²) >= 11 is 0. The highest BCUT2D eigenvalue weighted by Gasteiger charge is 2.22. The zero-order valence-corrected chi connectivity index (χ0v) is 10.0. The molecule has 0 radical (unpaired) electrons. The molecule has 0 amide bonds. The Labute approximate surface area is 103 Å². The number of para-hydroxylation sites is 1. The number of nitrogens with zero attached hydrogens (tertiary/aromatic N) is 2. The Balaban J connectivity index is 1.94. The van der Waals surface area contributed by atoms with Crippen LogP contribution in [0.2, 0.25) is 0 Å². The standard InChI is InChI=1S/C15H18N2/c1-2-9-14(10-3-1)17-15-11-5-4-7-13(15)8-6-12-16-17/h4-8,11-12,14H,1-3,9-10H2. The van der Waals surface area contributed by atoms with Crippen molar-refractivity contribution in [2.45, 2.75) is 38.1 Å². The molecular formula is C15H18N2. The number of allylic oxidation sites excluding steroid dienone is 1. The molecule has 1 saturated carbocycles. The van der Waals surface area contributed by atoms with E-state index in [0.717, 1.165) is 0 Å². The summed E-state index contributed by atoms with van der Waals surface area (Å²) in [5.41, 5.74) is 2.53. The maximum absolute atomic E-state index is 4.61. The first-order valence-electron chi connectivity index (χ1n) is 6.54. The van der Waals surface area contributed by atoms with Crippen LogP contribution in [0.25, 0.3) is 6.08 Å². The van der Waals surface area contributed by atoms with Gasteiger partial charge < -0.3 is 0 Å². The largest absolute Gasteiger partial charge is 0.262 e.